The van der Waals surface area contributed by atoms with E-state index in [9.17, 15) is 4.79 Å². The van der Waals surface area contributed by atoms with E-state index in [0.29, 0.717) is 6.61 Å². The first-order valence-electron chi connectivity index (χ1n) is 5.76. The molecule has 1 aliphatic rings. The lowest BCUT2D eigenvalue weighted by atomic mass is 10.1. The number of rotatable bonds is 1. The van der Waals surface area contributed by atoms with E-state index < -0.39 is 0 Å². The van der Waals surface area contributed by atoms with E-state index in [4.69, 9.17) is 4.74 Å². The number of amides is 1. The van der Waals surface area contributed by atoms with Crippen LogP contribution >= 0.6 is 0 Å². The van der Waals surface area contributed by atoms with Gasteiger partial charge in [0.1, 0.15) is 0 Å². The summed E-state index contributed by atoms with van der Waals surface area (Å²) < 4.78 is 5.01. The van der Waals surface area contributed by atoms with Gasteiger partial charge in [0.15, 0.2) is 0 Å². The van der Waals surface area contributed by atoms with Crippen LogP contribution in [0.2, 0.25) is 0 Å². The number of carbonyl (C=O) groups excluding carboxylic acids is 1. The predicted molar refractivity (Wildman–Crippen MR) is 56.3 cm³/mol. The summed E-state index contributed by atoms with van der Waals surface area (Å²) in [6.07, 6.45) is 7.24. The molecule has 0 aromatic rings. The van der Waals surface area contributed by atoms with Crippen LogP contribution in [0.1, 0.15) is 45.4 Å². The zero-order chi connectivity index (χ0) is 10.2. The molecule has 1 amide bonds. The Morgan fingerprint density at radius 3 is 2.07 bits per heavy atom. The minimum Gasteiger partial charge on any atom is -0.450 e. The molecule has 3 nitrogen and oxygen atoms in total. The summed E-state index contributed by atoms with van der Waals surface area (Å²) in [5.41, 5.74) is 0. The molecule has 1 heterocycles. The second-order valence-corrected chi connectivity index (χ2v) is 3.81. The molecule has 0 aromatic heterocycles. The van der Waals surface area contributed by atoms with Gasteiger partial charge in [0.25, 0.3) is 0 Å². The van der Waals surface area contributed by atoms with Crippen LogP contribution in [-0.2, 0) is 4.74 Å². The first-order chi connectivity index (χ1) is 6.84. The number of ether oxygens (including phenoxy) is 1. The molecule has 1 saturated heterocycles. The van der Waals surface area contributed by atoms with Gasteiger partial charge in [-0.2, -0.15) is 0 Å². The Bertz CT molecular complexity index is 161. The van der Waals surface area contributed by atoms with Crippen molar-refractivity contribution < 1.29 is 9.53 Å². The van der Waals surface area contributed by atoms with Crippen molar-refractivity contribution in [2.75, 3.05) is 19.7 Å². The highest BCUT2D eigenvalue weighted by Crippen LogP contribution is 2.11. The third-order valence-electron chi connectivity index (χ3n) is 2.63. The van der Waals surface area contributed by atoms with Crippen LogP contribution in [-0.4, -0.2) is 30.7 Å². The topological polar surface area (TPSA) is 29.5 Å². The minimum atomic E-state index is -0.130. The van der Waals surface area contributed by atoms with Crippen LogP contribution in [0.4, 0.5) is 4.79 Å². The highest BCUT2D eigenvalue weighted by molar-refractivity contribution is 5.67. The lowest BCUT2D eigenvalue weighted by Crippen LogP contribution is -2.33. The molecule has 0 saturated carbocycles. The van der Waals surface area contributed by atoms with Crippen LogP contribution in [0.3, 0.4) is 0 Å². The summed E-state index contributed by atoms with van der Waals surface area (Å²) in [6.45, 7) is 4.08. The molecule has 0 aliphatic carbocycles. The van der Waals surface area contributed by atoms with Gasteiger partial charge >= 0.3 is 6.09 Å². The molecule has 14 heavy (non-hydrogen) atoms. The number of hydrogen-bond acceptors (Lipinski definition) is 2. The lowest BCUT2D eigenvalue weighted by Gasteiger charge is -2.20. The van der Waals surface area contributed by atoms with Gasteiger partial charge in [-0.25, -0.2) is 4.79 Å². The fourth-order valence-electron chi connectivity index (χ4n) is 1.82. The molecule has 1 rings (SSSR count). The van der Waals surface area contributed by atoms with E-state index >= 15 is 0 Å². The van der Waals surface area contributed by atoms with Gasteiger partial charge in [0.05, 0.1) is 6.61 Å². The maximum atomic E-state index is 11.5. The summed E-state index contributed by atoms with van der Waals surface area (Å²) in [4.78, 5) is 13.3. The predicted octanol–water partition coefficient (Wildman–Crippen LogP) is 2.80. The highest BCUT2D eigenvalue weighted by atomic mass is 16.6. The fraction of sp³-hybridized carbons (Fsp3) is 0.909. The molecule has 0 bridgehead atoms. The fourth-order valence-corrected chi connectivity index (χ4v) is 1.82. The molecular formula is C11H21NO2. The molecule has 0 spiro atoms. The van der Waals surface area contributed by atoms with E-state index in [-0.39, 0.29) is 6.09 Å². The summed E-state index contributed by atoms with van der Waals surface area (Å²) in [5.74, 6) is 0. The quantitative estimate of drug-likeness (QED) is 0.650. The summed E-state index contributed by atoms with van der Waals surface area (Å²) in [6, 6.07) is 0. The van der Waals surface area contributed by atoms with Gasteiger partial charge in [0, 0.05) is 13.1 Å². The highest BCUT2D eigenvalue weighted by Gasteiger charge is 2.14. The van der Waals surface area contributed by atoms with E-state index in [2.05, 4.69) is 0 Å². The standard InChI is InChI=1S/C11H21NO2/c1-2-14-11(13)12-9-7-5-3-4-6-8-10-12/h2-10H2,1H3. The van der Waals surface area contributed by atoms with Gasteiger partial charge in [-0.05, 0) is 19.8 Å². The van der Waals surface area contributed by atoms with Gasteiger partial charge in [-0.15, -0.1) is 0 Å². The third-order valence-corrected chi connectivity index (χ3v) is 2.63. The molecule has 1 fully saturated rings. The van der Waals surface area contributed by atoms with E-state index in [1.54, 1.807) is 0 Å². The largest absolute Gasteiger partial charge is 0.450 e. The number of carbonyl (C=O) groups is 1. The van der Waals surface area contributed by atoms with Crippen molar-refractivity contribution in [3.8, 4) is 0 Å². The molecule has 82 valence electrons. The van der Waals surface area contributed by atoms with Crippen LogP contribution in [0, 0.1) is 0 Å². The van der Waals surface area contributed by atoms with Crippen LogP contribution < -0.4 is 0 Å². The van der Waals surface area contributed by atoms with Crippen molar-refractivity contribution in [1.29, 1.82) is 0 Å². The first-order valence-corrected chi connectivity index (χ1v) is 5.76. The zero-order valence-electron chi connectivity index (χ0n) is 9.13. The maximum absolute atomic E-state index is 11.5. The minimum absolute atomic E-state index is 0.130. The Morgan fingerprint density at radius 2 is 1.57 bits per heavy atom. The normalized spacial score (nSPS) is 19.4. The van der Waals surface area contributed by atoms with Gasteiger partial charge in [-0.3, -0.25) is 0 Å². The molecule has 0 N–H and O–H groups in total. The first kappa shape index (κ1) is 11.3. The Hall–Kier alpha value is -0.730. The average Bonchev–Trinajstić information content (AvgIpc) is 2.30. The average molecular weight is 199 g/mol. The molecular weight excluding hydrogens is 178 g/mol. The van der Waals surface area contributed by atoms with Crippen LogP contribution in [0.15, 0.2) is 0 Å². The SMILES string of the molecule is CCOC(=O)N1CCCCCCCC1. The van der Waals surface area contributed by atoms with Crippen molar-refractivity contribution in [2.24, 2.45) is 0 Å². The summed E-state index contributed by atoms with van der Waals surface area (Å²) >= 11 is 0. The monoisotopic (exact) mass is 199 g/mol. The third kappa shape index (κ3) is 3.99. The Morgan fingerprint density at radius 1 is 1.07 bits per heavy atom. The van der Waals surface area contributed by atoms with E-state index in [0.717, 1.165) is 25.9 Å². The van der Waals surface area contributed by atoms with Crippen molar-refractivity contribution in [2.45, 2.75) is 45.4 Å². The zero-order valence-corrected chi connectivity index (χ0v) is 9.13. The van der Waals surface area contributed by atoms with Crippen molar-refractivity contribution in [1.82, 2.24) is 4.90 Å². The molecule has 0 radical (unpaired) electrons. The maximum Gasteiger partial charge on any atom is 0.409 e. The Balaban J connectivity index is 2.35. The number of nitrogens with zero attached hydrogens (tertiary/aromatic N) is 1. The van der Waals surface area contributed by atoms with Crippen LogP contribution in [0.25, 0.3) is 0 Å². The van der Waals surface area contributed by atoms with Crippen molar-refractivity contribution in [3.63, 3.8) is 0 Å². The smallest absolute Gasteiger partial charge is 0.409 e. The molecule has 0 unspecified atom stereocenters. The molecule has 1 aliphatic heterocycles. The van der Waals surface area contributed by atoms with Crippen LogP contribution in [0.5, 0.6) is 0 Å². The summed E-state index contributed by atoms with van der Waals surface area (Å²) in [5, 5.41) is 0. The molecule has 0 atom stereocenters. The second kappa shape index (κ2) is 6.68. The Kier molecular flexibility index (Phi) is 5.42. The summed E-state index contributed by atoms with van der Waals surface area (Å²) in [7, 11) is 0. The lowest BCUT2D eigenvalue weighted by molar-refractivity contribution is 0.106. The molecule has 3 heteroatoms. The van der Waals surface area contributed by atoms with Gasteiger partial charge < -0.3 is 9.64 Å². The van der Waals surface area contributed by atoms with Crippen molar-refractivity contribution >= 4 is 6.09 Å². The Labute approximate surface area is 86.4 Å². The van der Waals surface area contributed by atoms with Crippen molar-refractivity contribution in [3.05, 3.63) is 0 Å². The second-order valence-electron chi connectivity index (χ2n) is 3.81. The number of hydrogen-bond donors (Lipinski definition) is 0. The van der Waals surface area contributed by atoms with E-state index in [1.807, 2.05) is 11.8 Å². The van der Waals surface area contributed by atoms with E-state index in [1.165, 1.54) is 25.7 Å². The van der Waals surface area contributed by atoms with Gasteiger partial charge in [0.2, 0.25) is 0 Å². The molecule has 0 aromatic carbocycles. The van der Waals surface area contributed by atoms with Gasteiger partial charge in [-0.1, -0.05) is 25.7 Å².